The van der Waals surface area contributed by atoms with E-state index in [1.165, 1.54) is 0 Å². The number of carboxylic acids is 1. The van der Waals surface area contributed by atoms with Gasteiger partial charge >= 0.3 is 5.97 Å². The van der Waals surface area contributed by atoms with Gasteiger partial charge in [0.05, 0.1) is 0 Å². The Morgan fingerprint density at radius 3 is 2.78 bits per heavy atom. The van der Waals surface area contributed by atoms with Crippen molar-refractivity contribution in [3.8, 4) is 0 Å². The van der Waals surface area contributed by atoms with E-state index in [1.807, 2.05) is 42.5 Å². The summed E-state index contributed by atoms with van der Waals surface area (Å²) in [5.41, 5.74) is 0.844. The van der Waals surface area contributed by atoms with E-state index < -0.39 is 12.0 Å². The molecule has 0 saturated carbocycles. The summed E-state index contributed by atoms with van der Waals surface area (Å²) in [5.74, 6) is -0.538. The minimum absolute atomic E-state index is 0.105. The molecule has 1 unspecified atom stereocenters. The summed E-state index contributed by atoms with van der Waals surface area (Å²) in [7, 11) is 0. The lowest BCUT2D eigenvalue weighted by atomic mass is 10.0. The van der Waals surface area contributed by atoms with Crippen molar-refractivity contribution < 1.29 is 14.6 Å². The van der Waals surface area contributed by atoms with Gasteiger partial charge in [-0.2, -0.15) is 0 Å². The average molecular weight is 241 g/mol. The van der Waals surface area contributed by atoms with Crippen LogP contribution in [0.1, 0.15) is 5.56 Å². The molecule has 0 amide bonds. The van der Waals surface area contributed by atoms with Crippen LogP contribution in [0.2, 0.25) is 0 Å². The minimum atomic E-state index is -0.953. The van der Waals surface area contributed by atoms with Gasteiger partial charge in [0, 0.05) is 5.56 Å². The number of aliphatic carboxylic acids is 1. The zero-order valence-corrected chi connectivity index (χ0v) is 9.54. The average Bonchev–Trinajstić information content (AvgIpc) is 2.87. The number of benzene rings is 2. The number of hydrogen-bond donors (Lipinski definition) is 1. The van der Waals surface area contributed by atoms with E-state index in [-0.39, 0.29) is 6.61 Å². The molecule has 0 spiro atoms. The van der Waals surface area contributed by atoms with Gasteiger partial charge in [-0.1, -0.05) is 36.4 Å². The first-order chi connectivity index (χ1) is 8.75. The Bertz CT molecular complexity index is 643. The van der Waals surface area contributed by atoms with Crippen LogP contribution in [0.4, 0.5) is 0 Å². The smallest absolute Gasteiger partial charge is 0.332 e. The van der Waals surface area contributed by atoms with E-state index >= 15 is 0 Å². The molecule has 0 fully saturated rings. The highest BCUT2D eigenvalue weighted by molar-refractivity contribution is 6.08. The summed E-state index contributed by atoms with van der Waals surface area (Å²) < 4.78 is 5.39. The number of fused-ring (bicyclic) bond motifs is 1. The molecule has 4 heteroatoms. The molecule has 4 nitrogen and oxygen atoms in total. The van der Waals surface area contributed by atoms with Crippen LogP contribution in [0.25, 0.3) is 10.8 Å². The summed E-state index contributed by atoms with van der Waals surface area (Å²) in [4.78, 5) is 15.0. The van der Waals surface area contributed by atoms with Gasteiger partial charge in [-0.25, -0.2) is 9.79 Å². The summed E-state index contributed by atoms with van der Waals surface area (Å²) >= 11 is 0. The van der Waals surface area contributed by atoms with Gasteiger partial charge in [0.1, 0.15) is 6.61 Å². The van der Waals surface area contributed by atoms with Crippen molar-refractivity contribution in [2.45, 2.75) is 6.04 Å². The molecule has 1 heterocycles. The van der Waals surface area contributed by atoms with Crippen molar-refractivity contribution >= 4 is 22.6 Å². The Labute approximate surface area is 104 Å². The van der Waals surface area contributed by atoms with Crippen LogP contribution in [0.15, 0.2) is 47.5 Å². The van der Waals surface area contributed by atoms with Crippen LogP contribution in [-0.2, 0) is 9.53 Å². The highest BCUT2D eigenvalue weighted by Gasteiger charge is 2.26. The number of carbonyl (C=O) groups is 1. The van der Waals surface area contributed by atoms with Crippen LogP contribution >= 0.6 is 0 Å². The van der Waals surface area contributed by atoms with E-state index in [2.05, 4.69) is 4.99 Å². The molecule has 0 aliphatic carbocycles. The van der Waals surface area contributed by atoms with Gasteiger partial charge in [-0.3, -0.25) is 0 Å². The van der Waals surface area contributed by atoms with Gasteiger partial charge in [0.2, 0.25) is 5.90 Å². The van der Waals surface area contributed by atoms with E-state index in [9.17, 15) is 4.79 Å². The Kier molecular flexibility index (Phi) is 2.48. The molecule has 0 aromatic heterocycles. The molecule has 1 N–H and O–H groups in total. The van der Waals surface area contributed by atoms with Crippen LogP contribution in [0.5, 0.6) is 0 Å². The van der Waals surface area contributed by atoms with Crippen LogP contribution in [-0.4, -0.2) is 29.6 Å². The Morgan fingerprint density at radius 1 is 1.22 bits per heavy atom. The summed E-state index contributed by atoms with van der Waals surface area (Å²) in [6.45, 7) is 0.105. The zero-order valence-electron chi connectivity index (χ0n) is 9.54. The van der Waals surface area contributed by atoms with Crippen molar-refractivity contribution in [1.29, 1.82) is 0 Å². The standard InChI is InChI=1S/C14H11NO3/c16-14(17)12-8-18-13(15-12)11-7-3-5-9-4-1-2-6-10(9)11/h1-7,12H,8H2,(H,16,17). The molecule has 0 saturated heterocycles. The topological polar surface area (TPSA) is 58.9 Å². The third-order valence-corrected chi connectivity index (χ3v) is 2.96. The number of nitrogens with zero attached hydrogens (tertiary/aromatic N) is 1. The Hall–Kier alpha value is -2.36. The molecular weight excluding hydrogens is 230 g/mol. The second-order valence-corrected chi connectivity index (χ2v) is 4.13. The van der Waals surface area contributed by atoms with E-state index in [1.54, 1.807) is 0 Å². The fourth-order valence-corrected chi connectivity index (χ4v) is 2.06. The number of ether oxygens (including phenoxy) is 1. The maximum absolute atomic E-state index is 10.9. The van der Waals surface area contributed by atoms with Crippen molar-refractivity contribution in [2.75, 3.05) is 6.61 Å². The van der Waals surface area contributed by atoms with Crippen molar-refractivity contribution in [1.82, 2.24) is 0 Å². The summed E-state index contributed by atoms with van der Waals surface area (Å²) in [5, 5.41) is 11.0. The van der Waals surface area contributed by atoms with Gasteiger partial charge < -0.3 is 9.84 Å². The maximum atomic E-state index is 10.9. The monoisotopic (exact) mass is 241 g/mol. The maximum Gasteiger partial charge on any atom is 0.332 e. The fourth-order valence-electron chi connectivity index (χ4n) is 2.06. The SMILES string of the molecule is O=C(O)C1COC(c2cccc3ccccc23)=N1. The molecule has 0 bridgehead atoms. The molecule has 2 aromatic carbocycles. The second-order valence-electron chi connectivity index (χ2n) is 4.13. The second kappa shape index (κ2) is 4.14. The van der Waals surface area contributed by atoms with Crippen molar-refractivity contribution in [3.63, 3.8) is 0 Å². The normalized spacial score (nSPS) is 18.4. The zero-order chi connectivity index (χ0) is 12.5. The molecule has 2 aromatic rings. The fraction of sp³-hybridized carbons (Fsp3) is 0.143. The molecule has 90 valence electrons. The number of rotatable bonds is 2. The lowest BCUT2D eigenvalue weighted by molar-refractivity contribution is -0.138. The minimum Gasteiger partial charge on any atom is -0.480 e. The highest BCUT2D eigenvalue weighted by atomic mass is 16.5. The van der Waals surface area contributed by atoms with Gasteiger partial charge in [-0.05, 0) is 16.8 Å². The molecule has 3 rings (SSSR count). The van der Waals surface area contributed by atoms with Gasteiger partial charge in [0.25, 0.3) is 0 Å². The third kappa shape index (κ3) is 1.72. The highest BCUT2D eigenvalue weighted by Crippen LogP contribution is 2.22. The van der Waals surface area contributed by atoms with Crippen LogP contribution < -0.4 is 0 Å². The molecule has 18 heavy (non-hydrogen) atoms. The molecule has 1 atom stereocenters. The Morgan fingerprint density at radius 2 is 2.00 bits per heavy atom. The van der Waals surface area contributed by atoms with E-state index in [4.69, 9.17) is 9.84 Å². The quantitative estimate of drug-likeness (QED) is 0.875. The number of carboxylic acid groups (broad SMARTS) is 1. The largest absolute Gasteiger partial charge is 0.480 e. The van der Waals surface area contributed by atoms with Gasteiger partial charge in [-0.15, -0.1) is 0 Å². The van der Waals surface area contributed by atoms with Gasteiger partial charge in [0.15, 0.2) is 6.04 Å². The Balaban J connectivity index is 2.11. The summed E-state index contributed by atoms with van der Waals surface area (Å²) in [6.07, 6.45) is 0. The van der Waals surface area contributed by atoms with E-state index in [0.717, 1.165) is 16.3 Å². The molecule has 0 radical (unpaired) electrons. The first kappa shape index (κ1) is 10.8. The predicted molar refractivity (Wildman–Crippen MR) is 67.9 cm³/mol. The lowest BCUT2D eigenvalue weighted by Crippen LogP contribution is -2.18. The first-order valence-electron chi connectivity index (χ1n) is 5.67. The van der Waals surface area contributed by atoms with Crippen LogP contribution in [0, 0.1) is 0 Å². The first-order valence-corrected chi connectivity index (χ1v) is 5.67. The molecule has 1 aliphatic heterocycles. The van der Waals surface area contributed by atoms with Crippen molar-refractivity contribution in [2.24, 2.45) is 4.99 Å². The van der Waals surface area contributed by atoms with Crippen molar-refractivity contribution in [3.05, 3.63) is 48.0 Å². The number of aliphatic imine (C=N–C) groups is 1. The van der Waals surface area contributed by atoms with E-state index in [0.29, 0.717) is 5.90 Å². The molecule has 1 aliphatic rings. The summed E-state index contributed by atoms with van der Waals surface area (Å²) in [6, 6.07) is 12.9. The van der Waals surface area contributed by atoms with Crippen LogP contribution in [0.3, 0.4) is 0 Å². The third-order valence-electron chi connectivity index (χ3n) is 2.96. The lowest BCUT2D eigenvalue weighted by Gasteiger charge is -2.05. The molecular formula is C14H11NO3. The predicted octanol–water partition coefficient (Wildman–Crippen LogP) is 2.07. The number of hydrogen-bond acceptors (Lipinski definition) is 3.